The largest absolute Gasteiger partial charge is 0.384 e. The third-order valence-corrected chi connectivity index (χ3v) is 1.63. The van der Waals surface area contributed by atoms with Crippen LogP contribution in [0.25, 0.3) is 0 Å². The Kier molecular flexibility index (Phi) is 2.99. The summed E-state index contributed by atoms with van der Waals surface area (Å²) < 4.78 is 0. The van der Waals surface area contributed by atoms with Gasteiger partial charge in [0.25, 0.3) is 0 Å². The lowest BCUT2D eigenvalue weighted by atomic mass is 10.2. The van der Waals surface area contributed by atoms with Crippen LogP contribution in [0, 0.1) is 0 Å². The molecule has 1 atom stereocenters. The molecule has 1 aromatic heterocycles. The lowest BCUT2D eigenvalue weighted by Crippen LogP contribution is -2.14. The van der Waals surface area contributed by atoms with Crippen molar-refractivity contribution < 1.29 is 0 Å². The monoisotopic (exact) mass is 166 g/mol. The van der Waals surface area contributed by atoms with Crippen LogP contribution < -0.4 is 11.5 Å². The lowest BCUT2D eigenvalue weighted by molar-refractivity contribution is 0.603. The molecule has 1 unspecified atom stereocenters. The van der Waals surface area contributed by atoms with Crippen LogP contribution in [0.2, 0.25) is 0 Å². The second-order valence-electron chi connectivity index (χ2n) is 2.73. The highest BCUT2D eigenvalue weighted by molar-refractivity contribution is 5.25. The van der Waals surface area contributed by atoms with Crippen LogP contribution in [-0.2, 0) is 0 Å². The zero-order valence-corrected chi connectivity index (χ0v) is 7.20. The molecule has 0 aromatic carbocycles. The van der Waals surface area contributed by atoms with Gasteiger partial charge in [0.15, 0.2) is 0 Å². The fourth-order valence-electron chi connectivity index (χ4n) is 1.01. The average Bonchev–Trinajstić information content (AvgIpc) is 2.05. The molecule has 0 aliphatic carbocycles. The molecular formula is C8H14N4. The molecule has 0 aliphatic heterocycles. The predicted molar refractivity (Wildman–Crippen MR) is 48.3 cm³/mol. The van der Waals surface area contributed by atoms with Crippen LogP contribution in [0.15, 0.2) is 12.3 Å². The highest BCUT2D eigenvalue weighted by atomic mass is 15.0. The summed E-state index contributed by atoms with van der Waals surface area (Å²) in [6, 6.07) is 1.57. The first-order chi connectivity index (χ1) is 5.74. The van der Waals surface area contributed by atoms with Gasteiger partial charge < -0.3 is 11.5 Å². The fraction of sp³-hybridized carbons (Fsp3) is 0.500. The Balaban J connectivity index is 2.73. The van der Waals surface area contributed by atoms with Gasteiger partial charge in [-0.1, -0.05) is 13.3 Å². The van der Waals surface area contributed by atoms with E-state index < -0.39 is 0 Å². The Bertz CT molecular complexity index is 249. The molecule has 0 aliphatic rings. The number of hydrogen-bond donors (Lipinski definition) is 2. The second kappa shape index (κ2) is 4.01. The van der Waals surface area contributed by atoms with Crippen molar-refractivity contribution >= 4 is 5.82 Å². The van der Waals surface area contributed by atoms with Gasteiger partial charge in [0, 0.05) is 6.20 Å². The van der Waals surface area contributed by atoms with E-state index in [4.69, 9.17) is 11.5 Å². The van der Waals surface area contributed by atoms with Gasteiger partial charge in [0.05, 0.1) is 6.04 Å². The zero-order valence-electron chi connectivity index (χ0n) is 7.20. The number of nitrogen functional groups attached to an aromatic ring is 1. The van der Waals surface area contributed by atoms with Crippen LogP contribution in [0.4, 0.5) is 5.82 Å². The normalized spacial score (nSPS) is 12.8. The van der Waals surface area contributed by atoms with E-state index in [9.17, 15) is 0 Å². The molecule has 66 valence electrons. The van der Waals surface area contributed by atoms with Gasteiger partial charge in [-0.2, -0.15) is 0 Å². The van der Waals surface area contributed by atoms with Gasteiger partial charge >= 0.3 is 0 Å². The molecule has 4 N–H and O–H groups in total. The molecular weight excluding hydrogens is 152 g/mol. The SMILES string of the molecule is CCCC(N)c1nccc(N)n1. The highest BCUT2D eigenvalue weighted by Gasteiger charge is 2.06. The first kappa shape index (κ1) is 8.93. The molecule has 12 heavy (non-hydrogen) atoms. The maximum absolute atomic E-state index is 5.79. The molecule has 1 rings (SSSR count). The maximum Gasteiger partial charge on any atom is 0.147 e. The first-order valence-corrected chi connectivity index (χ1v) is 4.08. The van der Waals surface area contributed by atoms with E-state index in [1.165, 1.54) is 0 Å². The minimum Gasteiger partial charge on any atom is -0.384 e. The molecule has 0 fully saturated rings. The van der Waals surface area contributed by atoms with Gasteiger partial charge in [0.1, 0.15) is 11.6 Å². The van der Waals surface area contributed by atoms with Crippen LogP contribution in [0.3, 0.4) is 0 Å². The van der Waals surface area contributed by atoms with E-state index in [1.807, 2.05) is 0 Å². The van der Waals surface area contributed by atoms with Crippen molar-refractivity contribution in [2.75, 3.05) is 5.73 Å². The summed E-state index contributed by atoms with van der Waals surface area (Å²) in [5, 5.41) is 0. The third kappa shape index (κ3) is 2.17. The number of rotatable bonds is 3. The van der Waals surface area contributed by atoms with E-state index in [2.05, 4.69) is 16.9 Å². The average molecular weight is 166 g/mol. The van der Waals surface area contributed by atoms with Crippen LogP contribution >= 0.6 is 0 Å². The van der Waals surface area contributed by atoms with Gasteiger partial charge in [-0.25, -0.2) is 9.97 Å². The predicted octanol–water partition coefficient (Wildman–Crippen LogP) is 0.859. The summed E-state index contributed by atoms with van der Waals surface area (Å²) in [5.74, 6) is 1.11. The zero-order chi connectivity index (χ0) is 8.97. The van der Waals surface area contributed by atoms with Crippen molar-refractivity contribution in [1.29, 1.82) is 0 Å². The lowest BCUT2D eigenvalue weighted by Gasteiger charge is -2.07. The summed E-state index contributed by atoms with van der Waals surface area (Å²) in [4.78, 5) is 8.08. The minimum absolute atomic E-state index is 0.0847. The van der Waals surface area contributed by atoms with Crippen molar-refractivity contribution in [1.82, 2.24) is 9.97 Å². The molecule has 0 radical (unpaired) electrons. The molecule has 1 heterocycles. The number of hydrogen-bond acceptors (Lipinski definition) is 4. The quantitative estimate of drug-likeness (QED) is 0.698. The summed E-state index contributed by atoms with van der Waals surface area (Å²) in [6.07, 6.45) is 3.55. The molecule has 4 heteroatoms. The van der Waals surface area contributed by atoms with Gasteiger partial charge in [0.2, 0.25) is 0 Å². The summed E-state index contributed by atoms with van der Waals surface area (Å²) in [6.45, 7) is 2.08. The van der Waals surface area contributed by atoms with E-state index in [0.29, 0.717) is 11.6 Å². The smallest absolute Gasteiger partial charge is 0.147 e. The van der Waals surface area contributed by atoms with E-state index >= 15 is 0 Å². The number of anilines is 1. The Morgan fingerprint density at radius 1 is 1.58 bits per heavy atom. The molecule has 0 spiro atoms. The number of nitrogens with two attached hydrogens (primary N) is 2. The fourth-order valence-corrected chi connectivity index (χ4v) is 1.01. The second-order valence-corrected chi connectivity index (χ2v) is 2.73. The van der Waals surface area contributed by atoms with Gasteiger partial charge in [-0.15, -0.1) is 0 Å². The van der Waals surface area contributed by atoms with E-state index in [1.54, 1.807) is 12.3 Å². The Morgan fingerprint density at radius 2 is 2.33 bits per heavy atom. The highest BCUT2D eigenvalue weighted by Crippen LogP contribution is 2.10. The van der Waals surface area contributed by atoms with Crippen LogP contribution in [-0.4, -0.2) is 9.97 Å². The van der Waals surface area contributed by atoms with Crippen LogP contribution in [0.1, 0.15) is 31.6 Å². The first-order valence-electron chi connectivity index (χ1n) is 4.08. The molecule has 0 amide bonds. The number of nitrogens with zero attached hydrogens (tertiary/aromatic N) is 2. The van der Waals surface area contributed by atoms with Crippen molar-refractivity contribution in [3.63, 3.8) is 0 Å². The Labute approximate surface area is 72.0 Å². The third-order valence-electron chi connectivity index (χ3n) is 1.63. The maximum atomic E-state index is 5.79. The number of aromatic nitrogens is 2. The standard InChI is InChI=1S/C8H14N4/c1-2-3-6(9)8-11-5-4-7(10)12-8/h4-6H,2-3,9H2,1H3,(H2,10,11,12). The van der Waals surface area contributed by atoms with Crippen molar-refractivity contribution in [2.45, 2.75) is 25.8 Å². The minimum atomic E-state index is -0.0847. The Hall–Kier alpha value is -1.16. The molecule has 0 saturated heterocycles. The summed E-state index contributed by atoms with van der Waals surface area (Å²) >= 11 is 0. The summed E-state index contributed by atoms with van der Waals surface area (Å²) in [5.41, 5.74) is 11.3. The topological polar surface area (TPSA) is 77.8 Å². The van der Waals surface area contributed by atoms with Gasteiger partial charge in [-0.3, -0.25) is 0 Å². The Morgan fingerprint density at radius 3 is 2.92 bits per heavy atom. The van der Waals surface area contributed by atoms with Crippen molar-refractivity contribution in [3.05, 3.63) is 18.1 Å². The van der Waals surface area contributed by atoms with Gasteiger partial charge in [-0.05, 0) is 12.5 Å². The molecule has 0 saturated carbocycles. The van der Waals surface area contributed by atoms with Crippen molar-refractivity contribution in [2.24, 2.45) is 5.73 Å². The van der Waals surface area contributed by atoms with Crippen LogP contribution in [0.5, 0.6) is 0 Å². The molecule has 1 aromatic rings. The van der Waals surface area contributed by atoms with E-state index in [-0.39, 0.29) is 6.04 Å². The molecule has 0 bridgehead atoms. The van der Waals surface area contributed by atoms with E-state index in [0.717, 1.165) is 12.8 Å². The van der Waals surface area contributed by atoms with Crippen molar-refractivity contribution in [3.8, 4) is 0 Å². The summed E-state index contributed by atoms with van der Waals surface area (Å²) in [7, 11) is 0. The molecule has 4 nitrogen and oxygen atoms in total.